The van der Waals surface area contributed by atoms with Crippen molar-refractivity contribution in [2.45, 2.75) is 32.2 Å². The molecule has 1 amide bonds. The third-order valence-electron chi connectivity index (χ3n) is 3.71. The molecule has 2 aromatic heterocycles. The summed E-state index contributed by atoms with van der Waals surface area (Å²) < 4.78 is 1.90. The van der Waals surface area contributed by atoms with Crippen LogP contribution in [0.2, 0.25) is 0 Å². The highest BCUT2D eigenvalue weighted by molar-refractivity contribution is 6.04. The van der Waals surface area contributed by atoms with Crippen LogP contribution in [-0.4, -0.2) is 27.2 Å². The quantitative estimate of drug-likeness (QED) is 0.868. The Labute approximate surface area is 123 Å². The molecule has 0 unspecified atom stereocenters. The summed E-state index contributed by atoms with van der Waals surface area (Å²) in [6, 6.07) is 3.85. The molecule has 0 aromatic carbocycles. The Morgan fingerprint density at radius 1 is 1.48 bits per heavy atom. The predicted molar refractivity (Wildman–Crippen MR) is 80.1 cm³/mol. The highest BCUT2D eigenvalue weighted by atomic mass is 16.1. The van der Waals surface area contributed by atoms with Crippen LogP contribution in [-0.2, 0) is 19.4 Å². The molecule has 6 heteroatoms. The van der Waals surface area contributed by atoms with Gasteiger partial charge in [0.2, 0.25) is 0 Å². The summed E-state index contributed by atoms with van der Waals surface area (Å²) in [5, 5.41) is 7.10. The molecule has 0 radical (unpaired) electrons. The summed E-state index contributed by atoms with van der Waals surface area (Å²) in [5.74, 6) is 0.439. The second-order valence-electron chi connectivity index (χ2n) is 5.23. The molecule has 0 saturated heterocycles. The number of nitrogens with two attached hydrogens (primary N) is 1. The highest BCUT2D eigenvalue weighted by Crippen LogP contribution is 2.19. The molecule has 3 heterocycles. The summed E-state index contributed by atoms with van der Waals surface area (Å²) in [4.78, 5) is 16.5. The summed E-state index contributed by atoms with van der Waals surface area (Å²) in [6.07, 6.45) is 7.13. The van der Waals surface area contributed by atoms with Gasteiger partial charge in [0.1, 0.15) is 5.82 Å². The molecule has 3 N–H and O–H groups in total. The molecule has 0 spiro atoms. The summed E-state index contributed by atoms with van der Waals surface area (Å²) in [6.45, 7) is 1.56. The monoisotopic (exact) mass is 285 g/mol. The minimum atomic E-state index is -0.137. The van der Waals surface area contributed by atoms with Crippen molar-refractivity contribution in [2.75, 3.05) is 11.9 Å². The number of anilines is 1. The number of pyridine rings is 1. The maximum atomic E-state index is 12.3. The molecule has 110 valence electrons. The van der Waals surface area contributed by atoms with Gasteiger partial charge in [-0.05, 0) is 49.9 Å². The van der Waals surface area contributed by atoms with Gasteiger partial charge in [-0.3, -0.25) is 9.48 Å². The van der Waals surface area contributed by atoms with E-state index >= 15 is 0 Å². The third-order valence-corrected chi connectivity index (χ3v) is 3.71. The number of hydrogen-bond donors (Lipinski definition) is 2. The van der Waals surface area contributed by atoms with Crippen LogP contribution in [0.25, 0.3) is 0 Å². The molecule has 0 fully saturated rings. The number of nitrogens with one attached hydrogen (secondary N) is 1. The van der Waals surface area contributed by atoms with E-state index in [0.29, 0.717) is 17.9 Å². The van der Waals surface area contributed by atoms with Crippen molar-refractivity contribution in [3.63, 3.8) is 0 Å². The topological polar surface area (TPSA) is 85.8 Å². The average Bonchev–Trinajstić information content (AvgIpc) is 3.08. The van der Waals surface area contributed by atoms with E-state index in [1.54, 1.807) is 12.4 Å². The maximum absolute atomic E-state index is 12.3. The number of aryl methyl sites for hydroxylation is 2. The van der Waals surface area contributed by atoms with Crippen molar-refractivity contribution in [3.8, 4) is 0 Å². The SMILES string of the molecule is NCCCc1ccnc(NC(=O)c2cnn3c2CCC3)c1. The number of carbonyl (C=O) groups excluding carboxylic acids is 1. The van der Waals surface area contributed by atoms with Crippen molar-refractivity contribution in [2.24, 2.45) is 5.73 Å². The van der Waals surface area contributed by atoms with Crippen LogP contribution in [0.3, 0.4) is 0 Å². The maximum Gasteiger partial charge on any atom is 0.260 e. The van der Waals surface area contributed by atoms with Crippen LogP contribution in [0, 0.1) is 0 Å². The van der Waals surface area contributed by atoms with Crippen molar-refractivity contribution in [1.82, 2.24) is 14.8 Å². The van der Waals surface area contributed by atoms with Crippen LogP contribution in [0.15, 0.2) is 24.5 Å². The lowest BCUT2D eigenvalue weighted by Crippen LogP contribution is -2.14. The summed E-state index contributed by atoms with van der Waals surface area (Å²) in [7, 11) is 0. The Kier molecular flexibility index (Phi) is 3.96. The van der Waals surface area contributed by atoms with Gasteiger partial charge in [0.05, 0.1) is 17.5 Å². The second-order valence-corrected chi connectivity index (χ2v) is 5.23. The molecule has 2 aromatic rings. The zero-order valence-electron chi connectivity index (χ0n) is 11.9. The lowest BCUT2D eigenvalue weighted by atomic mass is 10.1. The number of nitrogens with zero attached hydrogens (tertiary/aromatic N) is 3. The Morgan fingerprint density at radius 2 is 2.38 bits per heavy atom. The molecule has 0 aliphatic carbocycles. The van der Waals surface area contributed by atoms with Gasteiger partial charge < -0.3 is 11.1 Å². The van der Waals surface area contributed by atoms with Crippen LogP contribution >= 0.6 is 0 Å². The lowest BCUT2D eigenvalue weighted by molar-refractivity contribution is 0.102. The minimum Gasteiger partial charge on any atom is -0.330 e. The predicted octanol–water partition coefficient (Wildman–Crippen LogP) is 1.37. The normalized spacial score (nSPS) is 13.2. The van der Waals surface area contributed by atoms with E-state index in [2.05, 4.69) is 15.4 Å². The molecule has 6 nitrogen and oxygen atoms in total. The number of rotatable bonds is 5. The highest BCUT2D eigenvalue weighted by Gasteiger charge is 2.21. The van der Waals surface area contributed by atoms with Gasteiger partial charge in [0.25, 0.3) is 5.91 Å². The van der Waals surface area contributed by atoms with Gasteiger partial charge in [-0.15, -0.1) is 0 Å². The molecule has 0 atom stereocenters. The molecule has 0 bridgehead atoms. The van der Waals surface area contributed by atoms with Crippen molar-refractivity contribution in [3.05, 3.63) is 41.3 Å². The van der Waals surface area contributed by atoms with Gasteiger partial charge in [-0.1, -0.05) is 0 Å². The van der Waals surface area contributed by atoms with Gasteiger partial charge >= 0.3 is 0 Å². The van der Waals surface area contributed by atoms with Crippen LogP contribution < -0.4 is 11.1 Å². The Morgan fingerprint density at radius 3 is 3.24 bits per heavy atom. The van der Waals surface area contributed by atoms with Gasteiger partial charge in [-0.2, -0.15) is 5.10 Å². The first-order chi connectivity index (χ1) is 10.3. The molecule has 3 rings (SSSR count). The molecular formula is C15H19N5O. The molecule has 21 heavy (non-hydrogen) atoms. The lowest BCUT2D eigenvalue weighted by Gasteiger charge is -2.06. The van der Waals surface area contributed by atoms with Crippen molar-refractivity contribution >= 4 is 11.7 Å². The van der Waals surface area contributed by atoms with E-state index in [0.717, 1.165) is 43.5 Å². The number of hydrogen-bond acceptors (Lipinski definition) is 4. The second kappa shape index (κ2) is 6.05. The van der Waals surface area contributed by atoms with Crippen LogP contribution in [0.5, 0.6) is 0 Å². The van der Waals surface area contributed by atoms with Gasteiger partial charge in [0, 0.05) is 12.7 Å². The molecule has 1 aliphatic rings. The van der Waals surface area contributed by atoms with Crippen molar-refractivity contribution in [1.29, 1.82) is 0 Å². The van der Waals surface area contributed by atoms with E-state index in [9.17, 15) is 4.79 Å². The third kappa shape index (κ3) is 2.95. The molecule has 1 aliphatic heterocycles. The number of aromatic nitrogens is 3. The van der Waals surface area contributed by atoms with E-state index in [1.165, 1.54) is 0 Å². The Balaban J connectivity index is 1.72. The number of carbonyl (C=O) groups is 1. The standard InChI is InChI=1S/C15H19N5O/c16-6-1-3-11-5-7-17-14(9-11)19-15(21)12-10-18-20-8-2-4-13(12)20/h5,7,9-10H,1-4,6,8,16H2,(H,17,19,21). The first-order valence-corrected chi connectivity index (χ1v) is 7.29. The Bertz CT molecular complexity index is 649. The van der Waals surface area contributed by atoms with E-state index < -0.39 is 0 Å². The minimum absolute atomic E-state index is 0.137. The zero-order chi connectivity index (χ0) is 14.7. The van der Waals surface area contributed by atoms with Gasteiger partial charge in [-0.25, -0.2) is 4.98 Å². The van der Waals surface area contributed by atoms with E-state index in [4.69, 9.17) is 5.73 Å². The smallest absolute Gasteiger partial charge is 0.260 e. The number of amides is 1. The average molecular weight is 285 g/mol. The van der Waals surface area contributed by atoms with E-state index in [-0.39, 0.29) is 5.91 Å². The van der Waals surface area contributed by atoms with Crippen LogP contribution in [0.4, 0.5) is 5.82 Å². The largest absolute Gasteiger partial charge is 0.330 e. The fourth-order valence-corrected chi connectivity index (χ4v) is 2.64. The fraction of sp³-hybridized carbons (Fsp3) is 0.400. The summed E-state index contributed by atoms with van der Waals surface area (Å²) in [5.41, 5.74) is 8.32. The zero-order valence-corrected chi connectivity index (χ0v) is 11.9. The first kappa shape index (κ1) is 13.8. The number of fused-ring (bicyclic) bond motifs is 1. The molecule has 0 saturated carbocycles. The fourth-order valence-electron chi connectivity index (χ4n) is 2.64. The van der Waals surface area contributed by atoms with Crippen LogP contribution in [0.1, 0.15) is 34.5 Å². The summed E-state index contributed by atoms with van der Waals surface area (Å²) >= 11 is 0. The molecular weight excluding hydrogens is 266 g/mol. The Hall–Kier alpha value is -2.21. The van der Waals surface area contributed by atoms with Gasteiger partial charge in [0.15, 0.2) is 0 Å². The van der Waals surface area contributed by atoms with E-state index in [1.807, 2.05) is 16.8 Å². The first-order valence-electron chi connectivity index (χ1n) is 7.29. The van der Waals surface area contributed by atoms with Crippen molar-refractivity contribution < 1.29 is 4.79 Å².